The fraction of sp³-hybridized carbons (Fsp3) is 0.375. The second-order valence-corrected chi connectivity index (χ2v) is 5.53. The lowest BCUT2D eigenvalue weighted by Crippen LogP contribution is -2.09. The van der Waals surface area contributed by atoms with Gasteiger partial charge in [0.2, 0.25) is 0 Å². The lowest BCUT2D eigenvalue weighted by Gasteiger charge is -2.16. The molecule has 0 fully saturated rings. The molecule has 1 nitrogen and oxygen atoms in total. The van der Waals surface area contributed by atoms with Crippen molar-refractivity contribution < 1.29 is 17.6 Å². The summed E-state index contributed by atoms with van der Waals surface area (Å²) in [6, 6.07) is 2.16. The molecule has 0 saturated heterocycles. The Balaban J connectivity index is 2.14. The molecule has 3 rings (SSSR count). The monoisotopic (exact) mass is 280 g/mol. The SMILES string of the molecule is Cc1c(-c2ccc(F)c(F)c2F)oc2c1CCC(C)C2. The van der Waals surface area contributed by atoms with Crippen LogP contribution in [0.5, 0.6) is 0 Å². The van der Waals surface area contributed by atoms with Crippen molar-refractivity contribution in [2.45, 2.75) is 33.1 Å². The number of hydrogen-bond donors (Lipinski definition) is 0. The van der Waals surface area contributed by atoms with Crippen molar-refractivity contribution >= 4 is 0 Å². The van der Waals surface area contributed by atoms with Crippen molar-refractivity contribution in [3.8, 4) is 11.3 Å². The summed E-state index contributed by atoms with van der Waals surface area (Å²) in [6.07, 6.45) is 2.76. The third-order valence-electron chi connectivity index (χ3n) is 4.06. The summed E-state index contributed by atoms with van der Waals surface area (Å²) in [4.78, 5) is 0. The minimum atomic E-state index is -1.45. The topological polar surface area (TPSA) is 13.1 Å². The number of halogens is 3. The molecule has 0 aliphatic heterocycles. The molecule has 106 valence electrons. The van der Waals surface area contributed by atoms with Crippen LogP contribution in [0.3, 0.4) is 0 Å². The van der Waals surface area contributed by atoms with E-state index >= 15 is 0 Å². The summed E-state index contributed by atoms with van der Waals surface area (Å²) in [5, 5.41) is 0. The van der Waals surface area contributed by atoms with Gasteiger partial charge in [-0.25, -0.2) is 13.2 Å². The number of fused-ring (bicyclic) bond motifs is 1. The van der Waals surface area contributed by atoms with Crippen LogP contribution in [-0.2, 0) is 12.8 Å². The zero-order valence-corrected chi connectivity index (χ0v) is 11.4. The van der Waals surface area contributed by atoms with E-state index in [-0.39, 0.29) is 5.56 Å². The minimum Gasteiger partial charge on any atom is -0.460 e. The van der Waals surface area contributed by atoms with Crippen LogP contribution in [0.2, 0.25) is 0 Å². The molecule has 20 heavy (non-hydrogen) atoms. The smallest absolute Gasteiger partial charge is 0.195 e. The molecule has 1 aliphatic rings. The molecule has 0 amide bonds. The normalized spacial score (nSPS) is 18.1. The molecule has 1 unspecified atom stereocenters. The van der Waals surface area contributed by atoms with E-state index in [1.54, 1.807) is 0 Å². The van der Waals surface area contributed by atoms with Gasteiger partial charge in [-0.05, 0) is 48.9 Å². The van der Waals surface area contributed by atoms with E-state index in [4.69, 9.17) is 4.42 Å². The fourth-order valence-corrected chi connectivity index (χ4v) is 2.87. The van der Waals surface area contributed by atoms with Crippen LogP contribution in [-0.4, -0.2) is 0 Å². The molecule has 1 aromatic heterocycles. The van der Waals surface area contributed by atoms with Crippen LogP contribution in [0.25, 0.3) is 11.3 Å². The Hall–Kier alpha value is -1.71. The molecule has 0 saturated carbocycles. The number of rotatable bonds is 1. The zero-order valence-electron chi connectivity index (χ0n) is 11.4. The Kier molecular flexibility index (Phi) is 3.11. The van der Waals surface area contributed by atoms with Gasteiger partial charge in [0.25, 0.3) is 0 Å². The van der Waals surface area contributed by atoms with E-state index in [1.807, 2.05) is 6.92 Å². The van der Waals surface area contributed by atoms with Gasteiger partial charge in [0.1, 0.15) is 11.5 Å². The second kappa shape index (κ2) is 4.69. The summed E-state index contributed by atoms with van der Waals surface area (Å²) >= 11 is 0. The Labute approximate surface area is 115 Å². The van der Waals surface area contributed by atoms with Crippen LogP contribution in [0.15, 0.2) is 16.5 Å². The van der Waals surface area contributed by atoms with Gasteiger partial charge >= 0.3 is 0 Å². The first-order valence-electron chi connectivity index (χ1n) is 6.74. The summed E-state index contributed by atoms with van der Waals surface area (Å²) in [7, 11) is 0. The summed E-state index contributed by atoms with van der Waals surface area (Å²) in [5.41, 5.74) is 1.91. The van der Waals surface area contributed by atoms with Gasteiger partial charge in [-0.3, -0.25) is 0 Å². The highest BCUT2D eigenvalue weighted by Gasteiger charge is 2.26. The molecule has 1 heterocycles. The van der Waals surface area contributed by atoms with Crippen LogP contribution in [0.4, 0.5) is 13.2 Å². The van der Waals surface area contributed by atoms with Gasteiger partial charge in [0, 0.05) is 6.42 Å². The van der Waals surface area contributed by atoms with E-state index in [1.165, 1.54) is 6.07 Å². The predicted octanol–water partition coefficient (Wildman–Crippen LogP) is 4.80. The first-order valence-corrected chi connectivity index (χ1v) is 6.74. The van der Waals surface area contributed by atoms with Crippen molar-refractivity contribution in [3.63, 3.8) is 0 Å². The molecular formula is C16H15F3O. The van der Waals surface area contributed by atoms with Crippen molar-refractivity contribution in [2.24, 2.45) is 5.92 Å². The highest BCUT2D eigenvalue weighted by molar-refractivity contribution is 5.65. The molecule has 0 radical (unpaired) electrons. The van der Waals surface area contributed by atoms with Crippen molar-refractivity contribution in [1.29, 1.82) is 0 Å². The average molecular weight is 280 g/mol. The largest absolute Gasteiger partial charge is 0.460 e. The summed E-state index contributed by atoms with van der Waals surface area (Å²) in [6.45, 7) is 3.98. The van der Waals surface area contributed by atoms with Crippen LogP contribution in [0.1, 0.15) is 30.2 Å². The Morgan fingerprint density at radius 2 is 1.90 bits per heavy atom. The van der Waals surface area contributed by atoms with E-state index in [9.17, 15) is 13.2 Å². The highest BCUT2D eigenvalue weighted by atomic mass is 19.2. The van der Waals surface area contributed by atoms with Gasteiger partial charge < -0.3 is 4.42 Å². The van der Waals surface area contributed by atoms with Gasteiger partial charge in [0.05, 0.1) is 5.56 Å². The number of furan rings is 1. The Morgan fingerprint density at radius 1 is 1.15 bits per heavy atom. The van der Waals surface area contributed by atoms with E-state index in [2.05, 4.69) is 6.92 Å². The average Bonchev–Trinajstić information content (AvgIpc) is 2.73. The fourth-order valence-electron chi connectivity index (χ4n) is 2.87. The molecule has 1 aromatic carbocycles. The van der Waals surface area contributed by atoms with E-state index < -0.39 is 17.5 Å². The van der Waals surface area contributed by atoms with Crippen LogP contribution in [0, 0.1) is 30.3 Å². The van der Waals surface area contributed by atoms with Crippen LogP contribution >= 0.6 is 0 Å². The van der Waals surface area contributed by atoms with E-state index in [0.29, 0.717) is 11.7 Å². The summed E-state index contributed by atoms with van der Waals surface area (Å²) < 4.78 is 46.0. The third kappa shape index (κ3) is 1.94. The molecule has 2 aromatic rings. The third-order valence-corrected chi connectivity index (χ3v) is 4.06. The van der Waals surface area contributed by atoms with Crippen molar-refractivity contribution in [2.75, 3.05) is 0 Å². The number of benzene rings is 1. The zero-order chi connectivity index (χ0) is 14.4. The second-order valence-electron chi connectivity index (χ2n) is 5.53. The molecule has 0 spiro atoms. The van der Waals surface area contributed by atoms with Gasteiger partial charge in [-0.1, -0.05) is 6.92 Å². The molecule has 0 N–H and O–H groups in total. The first-order chi connectivity index (χ1) is 9.49. The lowest BCUT2D eigenvalue weighted by atomic mass is 9.88. The molecule has 4 heteroatoms. The summed E-state index contributed by atoms with van der Waals surface area (Å²) in [5.74, 6) is -2.14. The molecule has 1 atom stereocenters. The number of hydrogen-bond acceptors (Lipinski definition) is 1. The van der Waals surface area contributed by atoms with Crippen molar-refractivity contribution in [3.05, 3.63) is 46.5 Å². The standard InChI is InChI=1S/C16H15F3O/c1-8-3-4-10-9(2)16(20-13(10)7-8)11-5-6-12(17)15(19)14(11)18/h5-6,8H,3-4,7H2,1-2H3. The van der Waals surface area contributed by atoms with Gasteiger partial charge in [0.15, 0.2) is 17.5 Å². The maximum absolute atomic E-state index is 13.9. The molecule has 1 aliphatic carbocycles. The molecular weight excluding hydrogens is 265 g/mol. The lowest BCUT2D eigenvalue weighted by molar-refractivity contribution is 0.414. The maximum Gasteiger partial charge on any atom is 0.195 e. The van der Waals surface area contributed by atoms with Gasteiger partial charge in [-0.2, -0.15) is 0 Å². The quantitative estimate of drug-likeness (QED) is 0.684. The van der Waals surface area contributed by atoms with Crippen molar-refractivity contribution in [1.82, 2.24) is 0 Å². The van der Waals surface area contributed by atoms with Crippen LogP contribution < -0.4 is 0 Å². The minimum absolute atomic E-state index is 0.0107. The first kappa shape index (κ1) is 13.3. The predicted molar refractivity (Wildman–Crippen MR) is 69.9 cm³/mol. The molecule has 0 bridgehead atoms. The van der Waals surface area contributed by atoms with Gasteiger partial charge in [-0.15, -0.1) is 0 Å². The maximum atomic E-state index is 13.9. The Morgan fingerprint density at radius 3 is 2.65 bits per heavy atom. The highest BCUT2D eigenvalue weighted by Crippen LogP contribution is 2.38. The Bertz CT molecular complexity index is 673. The van der Waals surface area contributed by atoms with E-state index in [0.717, 1.165) is 42.2 Å².